The van der Waals surface area contributed by atoms with E-state index in [-0.39, 0.29) is 10.8 Å². The molecule has 0 saturated heterocycles. The number of benzene rings is 1. The molecule has 0 aliphatic carbocycles. The Kier molecular flexibility index (Phi) is 4.06. The first-order valence-electron chi connectivity index (χ1n) is 6.16. The molecule has 0 unspecified atom stereocenters. The molecule has 0 fully saturated rings. The number of hydrogen-bond acceptors (Lipinski definition) is 4. The zero-order valence-corrected chi connectivity index (χ0v) is 12.4. The Balaban J connectivity index is 2.37. The molecule has 6 nitrogen and oxygen atoms in total. The van der Waals surface area contributed by atoms with Crippen LogP contribution in [0.5, 0.6) is 0 Å². The van der Waals surface area contributed by atoms with Crippen LogP contribution in [0.4, 0.5) is 5.69 Å². The molecule has 0 bridgehead atoms. The number of nitrogens with zero attached hydrogens (tertiary/aromatic N) is 1. The van der Waals surface area contributed by atoms with E-state index in [2.05, 4.69) is 10.3 Å². The minimum absolute atomic E-state index is 0.0109. The summed E-state index contributed by atoms with van der Waals surface area (Å²) in [5, 5.41) is 7.82. The molecular formula is C14H15N3O3S. The van der Waals surface area contributed by atoms with Crippen molar-refractivity contribution in [2.24, 2.45) is 5.14 Å². The Morgan fingerprint density at radius 3 is 2.52 bits per heavy atom. The largest absolute Gasteiger partial charge is 0.322 e. The van der Waals surface area contributed by atoms with Crippen molar-refractivity contribution in [1.82, 2.24) is 4.98 Å². The van der Waals surface area contributed by atoms with Gasteiger partial charge in [-0.3, -0.25) is 9.78 Å². The van der Waals surface area contributed by atoms with Crippen molar-refractivity contribution < 1.29 is 13.2 Å². The Labute approximate surface area is 123 Å². The number of hydrogen-bond donors (Lipinski definition) is 2. The Morgan fingerprint density at radius 2 is 1.90 bits per heavy atom. The lowest BCUT2D eigenvalue weighted by Gasteiger charge is -2.12. The van der Waals surface area contributed by atoms with E-state index in [4.69, 9.17) is 5.14 Å². The van der Waals surface area contributed by atoms with Gasteiger partial charge in [-0.1, -0.05) is 6.07 Å². The van der Waals surface area contributed by atoms with Crippen molar-refractivity contribution in [2.75, 3.05) is 5.32 Å². The topological polar surface area (TPSA) is 102 Å². The number of aromatic nitrogens is 1. The minimum Gasteiger partial charge on any atom is -0.322 e. The first-order chi connectivity index (χ1) is 9.80. The van der Waals surface area contributed by atoms with E-state index in [0.29, 0.717) is 22.5 Å². The third-order valence-corrected chi connectivity index (χ3v) is 4.15. The minimum atomic E-state index is -3.83. The summed E-state index contributed by atoms with van der Waals surface area (Å²) in [6, 6.07) is 7.85. The monoisotopic (exact) mass is 305 g/mol. The molecule has 110 valence electrons. The average Bonchev–Trinajstić information content (AvgIpc) is 2.40. The van der Waals surface area contributed by atoms with Gasteiger partial charge in [0.2, 0.25) is 10.0 Å². The van der Waals surface area contributed by atoms with Crippen LogP contribution in [0.2, 0.25) is 0 Å². The van der Waals surface area contributed by atoms with Crippen LogP contribution in [0.3, 0.4) is 0 Å². The van der Waals surface area contributed by atoms with Crippen LogP contribution < -0.4 is 10.5 Å². The summed E-state index contributed by atoms with van der Waals surface area (Å²) >= 11 is 0. The maximum Gasteiger partial charge on any atom is 0.257 e. The van der Waals surface area contributed by atoms with E-state index >= 15 is 0 Å². The first-order valence-corrected chi connectivity index (χ1v) is 7.70. The zero-order valence-electron chi connectivity index (χ0n) is 11.6. The molecule has 0 aliphatic heterocycles. The molecule has 21 heavy (non-hydrogen) atoms. The van der Waals surface area contributed by atoms with Crippen molar-refractivity contribution in [3.8, 4) is 0 Å². The molecule has 1 aromatic carbocycles. The van der Waals surface area contributed by atoms with E-state index in [1.165, 1.54) is 12.1 Å². The molecule has 7 heteroatoms. The van der Waals surface area contributed by atoms with Crippen molar-refractivity contribution in [1.29, 1.82) is 0 Å². The van der Waals surface area contributed by atoms with Crippen LogP contribution in [-0.2, 0) is 10.0 Å². The summed E-state index contributed by atoms with van der Waals surface area (Å²) in [5.41, 5.74) is 1.82. The van der Waals surface area contributed by atoms with Crippen molar-refractivity contribution in [3.63, 3.8) is 0 Å². The molecule has 2 aromatic rings. The van der Waals surface area contributed by atoms with Crippen molar-refractivity contribution >= 4 is 21.6 Å². The predicted molar refractivity (Wildman–Crippen MR) is 79.5 cm³/mol. The summed E-state index contributed by atoms with van der Waals surface area (Å²) in [4.78, 5) is 16.2. The molecule has 2 rings (SSSR count). The number of nitrogens with two attached hydrogens (primary N) is 1. The Bertz CT molecular complexity index is 801. The fraction of sp³-hybridized carbons (Fsp3) is 0.143. The van der Waals surface area contributed by atoms with Gasteiger partial charge in [0, 0.05) is 17.6 Å². The summed E-state index contributed by atoms with van der Waals surface area (Å²) in [6.07, 6.45) is 1.60. The van der Waals surface area contributed by atoms with Crippen LogP contribution in [0, 0.1) is 13.8 Å². The summed E-state index contributed by atoms with van der Waals surface area (Å²) in [5.74, 6) is -0.352. The number of aryl methyl sites for hydroxylation is 1. The normalized spacial score (nSPS) is 11.2. The van der Waals surface area contributed by atoms with Gasteiger partial charge in [0.05, 0.1) is 10.5 Å². The fourth-order valence-corrected chi connectivity index (χ4v) is 2.78. The van der Waals surface area contributed by atoms with Crippen LogP contribution in [-0.4, -0.2) is 19.3 Å². The highest BCUT2D eigenvalue weighted by Crippen LogP contribution is 2.22. The predicted octanol–water partition coefficient (Wildman–Crippen LogP) is 1.60. The van der Waals surface area contributed by atoms with Gasteiger partial charge < -0.3 is 5.32 Å². The van der Waals surface area contributed by atoms with Gasteiger partial charge in [0.15, 0.2) is 0 Å². The maximum absolute atomic E-state index is 12.2. The number of rotatable bonds is 3. The Morgan fingerprint density at radius 1 is 1.19 bits per heavy atom. The van der Waals surface area contributed by atoms with Crippen molar-refractivity contribution in [3.05, 3.63) is 53.3 Å². The van der Waals surface area contributed by atoms with Crippen LogP contribution in [0.1, 0.15) is 21.6 Å². The Hall–Kier alpha value is -2.25. The number of nitrogens with one attached hydrogen (secondary N) is 1. The van der Waals surface area contributed by atoms with E-state index in [0.717, 1.165) is 0 Å². The number of carbonyl (C=O) groups is 1. The van der Waals surface area contributed by atoms with Crippen molar-refractivity contribution in [2.45, 2.75) is 18.7 Å². The highest BCUT2D eigenvalue weighted by Gasteiger charge is 2.16. The second-order valence-corrected chi connectivity index (χ2v) is 6.09. The third kappa shape index (κ3) is 3.26. The van der Waals surface area contributed by atoms with Gasteiger partial charge >= 0.3 is 0 Å². The summed E-state index contributed by atoms with van der Waals surface area (Å²) in [6.45, 7) is 3.31. The molecule has 1 amide bonds. The molecule has 1 heterocycles. The molecule has 0 aliphatic rings. The highest BCUT2D eigenvalue weighted by molar-refractivity contribution is 7.89. The third-order valence-electron chi connectivity index (χ3n) is 3.09. The second-order valence-electron chi connectivity index (χ2n) is 4.56. The number of pyridine rings is 1. The quantitative estimate of drug-likeness (QED) is 0.899. The van der Waals surface area contributed by atoms with E-state index in [9.17, 15) is 13.2 Å². The van der Waals surface area contributed by atoms with Gasteiger partial charge in [-0.05, 0) is 43.7 Å². The number of sulfonamides is 1. The number of amides is 1. The summed E-state index contributed by atoms with van der Waals surface area (Å²) in [7, 11) is -3.83. The van der Waals surface area contributed by atoms with Crippen LogP contribution >= 0.6 is 0 Å². The van der Waals surface area contributed by atoms with Gasteiger partial charge in [0.1, 0.15) is 0 Å². The average molecular weight is 305 g/mol. The second kappa shape index (κ2) is 5.63. The van der Waals surface area contributed by atoms with E-state index in [1.807, 2.05) is 0 Å². The van der Waals surface area contributed by atoms with E-state index < -0.39 is 10.0 Å². The molecule has 0 atom stereocenters. The van der Waals surface area contributed by atoms with Crippen LogP contribution in [0.15, 0.2) is 41.4 Å². The zero-order chi connectivity index (χ0) is 15.6. The molecule has 3 N–H and O–H groups in total. The standard InChI is InChI=1S/C14H15N3O3S/c1-9-12(6-3-7-13(9)21(15,19)20)17-14(18)11-5-4-8-16-10(11)2/h3-8H,1-2H3,(H,17,18)(H2,15,19,20). The summed E-state index contributed by atoms with van der Waals surface area (Å²) < 4.78 is 22.9. The molecular weight excluding hydrogens is 290 g/mol. The fourth-order valence-electron chi connectivity index (χ4n) is 1.97. The SMILES string of the molecule is Cc1ncccc1C(=O)Nc1cccc(S(N)(=O)=O)c1C. The number of carbonyl (C=O) groups excluding carboxylic acids is 1. The lowest BCUT2D eigenvalue weighted by Crippen LogP contribution is -2.17. The lowest BCUT2D eigenvalue weighted by atomic mass is 10.1. The molecule has 1 aromatic heterocycles. The molecule has 0 spiro atoms. The maximum atomic E-state index is 12.2. The number of primary sulfonamides is 1. The smallest absolute Gasteiger partial charge is 0.257 e. The van der Waals surface area contributed by atoms with E-state index in [1.54, 1.807) is 38.2 Å². The number of anilines is 1. The van der Waals surface area contributed by atoms with Gasteiger partial charge in [-0.15, -0.1) is 0 Å². The van der Waals surface area contributed by atoms with Crippen LogP contribution in [0.25, 0.3) is 0 Å². The van der Waals surface area contributed by atoms with Gasteiger partial charge in [-0.25, -0.2) is 13.6 Å². The molecule has 0 radical (unpaired) electrons. The lowest BCUT2D eigenvalue weighted by molar-refractivity contribution is 0.102. The first kappa shape index (κ1) is 15.1. The molecule has 0 saturated carbocycles. The highest BCUT2D eigenvalue weighted by atomic mass is 32.2. The van der Waals surface area contributed by atoms with Gasteiger partial charge in [0.25, 0.3) is 5.91 Å². The van der Waals surface area contributed by atoms with Gasteiger partial charge in [-0.2, -0.15) is 0 Å².